The normalized spacial score (nSPS) is 12.4. The molecule has 1 N–H and O–H groups in total. The first kappa shape index (κ1) is 24.5. The lowest BCUT2D eigenvalue weighted by atomic mass is 9.98. The van der Waals surface area contributed by atoms with Crippen molar-refractivity contribution in [2.24, 2.45) is 0 Å². The third kappa shape index (κ3) is 5.23. The minimum absolute atomic E-state index is 0.0620. The number of carbonyl (C=O) groups excluding carboxylic acids is 1. The second-order valence-electron chi connectivity index (χ2n) is 9.19. The van der Waals surface area contributed by atoms with E-state index in [1.165, 1.54) is 17.9 Å². The predicted molar refractivity (Wildman–Crippen MR) is 146 cm³/mol. The Morgan fingerprint density at radius 1 is 1.00 bits per heavy atom. The van der Waals surface area contributed by atoms with Crippen LogP contribution in [0.4, 0.5) is 5.69 Å². The van der Waals surface area contributed by atoms with E-state index >= 15 is 0 Å². The number of nitrogens with one attached hydrogen (secondary N) is 1. The van der Waals surface area contributed by atoms with Gasteiger partial charge in [0, 0.05) is 45.8 Å². The zero-order chi connectivity index (χ0) is 25.3. The van der Waals surface area contributed by atoms with Gasteiger partial charge in [-0.15, -0.1) is 0 Å². The predicted octanol–water partition coefficient (Wildman–Crippen LogP) is 5.78. The van der Waals surface area contributed by atoms with E-state index in [1.54, 1.807) is 19.1 Å². The quantitative estimate of drug-likeness (QED) is 0.276. The summed E-state index contributed by atoms with van der Waals surface area (Å²) in [4.78, 5) is 26.1. The maximum atomic E-state index is 13.3. The summed E-state index contributed by atoms with van der Waals surface area (Å²) in [5.41, 5.74) is 4.68. The Morgan fingerprint density at radius 3 is 2.34 bits per heavy atom. The number of carbonyl (C=O) groups is 1. The SMILES string of the molecule is Cc1cc([C@@H](C)Nc2ccccc2C(=O)C=S(C)(C)=O)c2oc(-c3ccccc3)c(C)c(=O)c2c1. The highest BCUT2D eigenvalue weighted by Crippen LogP contribution is 2.32. The maximum Gasteiger partial charge on any atom is 0.196 e. The summed E-state index contributed by atoms with van der Waals surface area (Å²) in [6.07, 6.45) is 3.08. The molecule has 4 aromatic rings. The van der Waals surface area contributed by atoms with Gasteiger partial charge in [0.1, 0.15) is 11.3 Å². The molecule has 4 rings (SSSR count). The molecule has 1 aromatic heterocycles. The molecule has 0 aliphatic carbocycles. The monoisotopic (exact) mass is 487 g/mol. The average Bonchev–Trinajstić information content (AvgIpc) is 2.81. The lowest BCUT2D eigenvalue weighted by Gasteiger charge is -2.20. The van der Waals surface area contributed by atoms with E-state index in [0.29, 0.717) is 33.5 Å². The van der Waals surface area contributed by atoms with E-state index in [-0.39, 0.29) is 17.3 Å². The van der Waals surface area contributed by atoms with E-state index in [4.69, 9.17) is 4.42 Å². The molecule has 0 radical (unpaired) electrons. The van der Waals surface area contributed by atoms with Crippen molar-refractivity contribution in [1.82, 2.24) is 0 Å². The minimum atomic E-state index is -2.35. The van der Waals surface area contributed by atoms with Crippen molar-refractivity contribution in [2.45, 2.75) is 26.8 Å². The number of aryl methyl sites for hydroxylation is 1. The van der Waals surface area contributed by atoms with Crippen LogP contribution in [0.15, 0.2) is 75.9 Å². The van der Waals surface area contributed by atoms with Crippen LogP contribution in [0.1, 0.15) is 40.0 Å². The van der Waals surface area contributed by atoms with Crippen LogP contribution in [0.5, 0.6) is 0 Å². The molecule has 1 heterocycles. The van der Waals surface area contributed by atoms with Gasteiger partial charge in [-0.05, 0) is 54.1 Å². The molecule has 1 atom stereocenters. The third-order valence-electron chi connectivity index (χ3n) is 5.85. The Kier molecular flexibility index (Phi) is 6.68. The number of hydrogen-bond donors (Lipinski definition) is 1. The second-order valence-corrected chi connectivity index (χ2v) is 12.0. The molecule has 0 saturated carbocycles. The topological polar surface area (TPSA) is 76.4 Å². The van der Waals surface area contributed by atoms with Crippen LogP contribution in [0.2, 0.25) is 0 Å². The van der Waals surface area contributed by atoms with Crippen LogP contribution in [-0.4, -0.2) is 27.9 Å². The largest absolute Gasteiger partial charge is 0.455 e. The van der Waals surface area contributed by atoms with Crippen molar-refractivity contribution in [3.8, 4) is 11.3 Å². The van der Waals surface area contributed by atoms with E-state index < -0.39 is 9.52 Å². The molecule has 0 aliphatic heterocycles. The zero-order valence-corrected chi connectivity index (χ0v) is 21.4. The van der Waals surface area contributed by atoms with Crippen molar-refractivity contribution in [2.75, 3.05) is 17.8 Å². The Hall–Kier alpha value is -3.64. The highest BCUT2D eigenvalue weighted by Gasteiger charge is 2.20. The highest BCUT2D eigenvalue weighted by atomic mass is 32.2. The molecule has 0 amide bonds. The molecule has 0 fully saturated rings. The number of para-hydroxylation sites is 1. The molecule has 6 heteroatoms. The number of rotatable bonds is 6. The van der Waals surface area contributed by atoms with E-state index in [2.05, 4.69) is 5.32 Å². The summed E-state index contributed by atoms with van der Waals surface area (Å²) in [5, 5.41) is 5.21. The number of Topliss-reactive ketones (excluding diaryl/α,β-unsaturated/α-hetero) is 1. The van der Waals surface area contributed by atoms with E-state index in [9.17, 15) is 13.8 Å². The van der Waals surface area contributed by atoms with Crippen LogP contribution >= 0.6 is 0 Å². The second kappa shape index (κ2) is 9.55. The molecular formula is C29H29NO4S. The molecule has 0 saturated heterocycles. The van der Waals surface area contributed by atoms with Crippen molar-refractivity contribution in [3.63, 3.8) is 0 Å². The fraction of sp³-hybridized carbons (Fsp3) is 0.207. The van der Waals surface area contributed by atoms with Crippen LogP contribution < -0.4 is 10.7 Å². The number of ketones is 1. The average molecular weight is 488 g/mol. The van der Waals surface area contributed by atoms with Crippen LogP contribution in [0, 0.1) is 13.8 Å². The van der Waals surface area contributed by atoms with Gasteiger partial charge in [-0.1, -0.05) is 48.5 Å². The summed E-state index contributed by atoms with van der Waals surface area (Å²) in [6, 6.07) is 20.3. The number of benzene rings is 3. The van der Waals surface area contributed by atoms with Gasteiger partial charge in [-0.25, -0.2) is 0 Å². The summed E-state index contributed by atoms with van der Waals surface area (Å²) in [7, 11) is -2.35. The fourth-order valence-electron chi connectivity index (χ4n) is 4.21. The first-order valence-corrected chi connectivity index (χ1v) is 13.8. The lowest BCUT2D eigenvalue weighted by Crippen LogP contribution is -2.15. The molecule has 3 aromatic carbocycles. The zero-order valence-electron chi connectivity index (χ0n) is 20.5. The Labute approximate surface area is 205 Å². The number of fused-ring (bicyclic) bond motifs is 1. The summed E-state index contributed by atoms with van der Waals surface area (Å²) >= 11 is 0. The van der Waals surface area contributed by atoms with Crippen LogP contribution in [-0.2, 0) is 9.52 Å². The Morgan fingerprint density at radius 2 is 1.66 bits per heavy atom. The standard InChI is InChI=1S/C29H29NO4S/c1-18-15-23(20(3)30-25-14-10-9-13-22(25)26(31)17-35(4,5)33)29-24(16-18)27(32)19(2)28(34-29)21-11-7-6-8-12-21/h6-17,20,30H,1-5H3/t20-/m1/s1. The Bertz CT molecular complexity index is 1600. The molecule has 5 nitrogen and oxygen atoms in total. The van der Waals surface area contributed by atoms with Gasteiger partial charge in [0.15, 0.2) is 11.2 Å². The van der Waals surface area contributed by atoms with Crippen molar-refractivity contribution < 1.29 is 13.4 Å². The van der Waals surface area contributed by atoms with Gasteiger partial charge in [-0.2, -0.15) is 0 Å². The molecule has 0 unspecified atom stereocenters. The van der Waals surface area contributed by atoms with Crippen molar-refractivity contribution in [3.05, 3.63) is 99.2 Å². The minimum Gasteiger partial charge on any atom is -0.455 e. The van der Waals surface area contributed by atoms with Gasteiger partial charge >= 0.3 is 0 Å². The molecule has 0 bridgehead atoms. The van der Waals surface area contributed by atoms with Gasteiger partial charge < -0.3 is 9.73 Å². The fourth-order valence-corrected chi connectivity index (χ4v) is 4.85. The first-order valence-electron chi connectivity index (χ1n) is 11.4. The molecule has 0 spiro atoms. The smallest absolute Gasteiger partial charge is 0.196 e. The third-order valence-corrected chi connectivity index (χ3v) is 6.63. The van der Waals surface area contributed by atoms with Crippen molar-refractivity contribution >= 4 is 37.3 Å². The molecule has 180 valence electrons. The van der Waals surface area contributed by atoms with E-state index in [1.807, 2.05) is 68.4 Å². The molecular weight excluding hydrogens is 458 g/mol. The van der Waals surface area contributed by atoms with E-state index in [0.717, 1.165) is 16.7 Å². The molecule has 35 heavy (non-hydrogen) atoms. The van der Waals surface area contributed by atoms with Gasteiger partial charge in [0.2, 0.25) is 0 Å². The Balaban J connectivity index is 1.84. The van der Waals surface area contributed by atoms with Crippen LogP contribution in [0.25, 0.3) is 22.3 Å². The summed E-state index contributed by atoms with van der Waals surface area (Å²) in [6.45, 7) is 5.69. The first-order chi connectivity index (χ1) is 16.5. The lowest BCUT2D eigenvalue weighted by molar-refractivity contribution is 0.107. The van der Waals surface area contributed by atoms with Gasteiger partial charge in [-0.3, -0.25) is 13.8 Å². The van der Waals surface area contributed by atoms with Crippen LogP contribution in [0.3, 0.4) is 0 Å². The number of anilines is 1. The summed E-state index contributed by atoms with van der Waals surface area (Å²) < 4.78 is 18.6. The summed E-state index contributed by atoms with van der Waals surface area (Å²) in [5.74, 6) is 0.254. The number of hydrogen-bond acceptors (Lipinski definition) is 5. The van der Waals surface area contributed by atoms with Gasteiger partial charge in [0.25, 0.3) is 0 Å². The van der Waals surface area contributed by atoms with Gasteiger partial charge in [0.05, 0.1) is 11.4 Å². The maximum absolute atomic E-state index is 13.3. The highest BCUT2D eigenvalue weighted by molar-refractivity contribution is 8.01. The van der Waals surface area contributed by atoms with Crippen molar-refractivity contribution in [1.29, 1.82) is 0 Å². The molecule has 0 aliphatic rings.